The number of benzene rings is 2. The summed E-state index contributed by atoms with van der Waals surface area (Å²) in [4.78, 5) is 13.1. The van der Waals surface area contributed by atoms with Gasteiger partial charge < -0.3 is 10.4 Å². The highest BCUT2D eigenvalue weighted by Crippen LogP contribution is 2.26. The minimum atomic E-state index is -0.345. The lowest BCUT2D eigenvalue weighted by Gasteiger charge is -2.09. The van der Waals surface area contributed by atoms with Crippen molar-refractivity contribution in [1.29, 1.82) is 0 Å². The lowest BCUT2D eigenvalue weighted by molar-refractivity contribution is 0.102. The van der Waals surface area contributed by atoms with Crippen molar-refractivity contribution in [3.05, 3.63) is 53.1 Å². The molecule has 0 aliphatic heterocycles. The lowest BCUT2D eigenvalue weighted by Crippen LogP contribution is -2.12. The Bertz CT molecular complexity index is 616. The van der Waals surface area contributed by atoms with Crippen molar-refractivity contribution in [1.82, 2.24) is 0 Å². The van der Waals surface area contributed by atoms with Crippen molar-refractivity contribution in [3.63, 3.8) is 0 Å². The van der Waals surface area contributed by atoms with E-state index in [0.717, 1.165) is 4.90 Å². The average molecular weight is 294 g/mol. The zero-order chi connectivity index (χ0) is 13.8. The Morgan fingerprint density at radius 3 is 2.68 bits per heavy atom. The van der Waals surface area contributed by atoms with Crippen LogP contribution in [0.15, 0.2) is 47.4 Å². The Morgan fingerprint density at radius 1 is 1.26 bits per heavy atom. The number of carbonyl (C=O) groups is 1. The van der Waals surface area contributed by atoms with E-state index in [1.54, 1.807) is 30.3 Å². The van der Waals surface area contributed by atoms with Crippen molar-refractivity contribution < 1.29 is 9.90 Å². The number of hydrogen-bond donors (Lipinski definition) is 2. The van der Waals surface area contributed by atoms with Crippen LogP contribution in [0.2, 0.25) is 5.02 Å². The van der Waals surface area contributed by atoms with Crippen molar-refractivity contribution in [2.45, 2.75) is 4.90 Å². The summed E-state index contributed by atoms with van der Waals surface area (Å²) in [5.41, 5.74) is 0.745. The quantitative estimate of drug-likeness (QED) is 0.664. The number of thioether (sulfide) groups is 1. The van der Waals surface area contributed by atoms with Crippen LogP contribution in [0.5, 0.6) is 5.75 Å². The Kier molecular flexibility index (Phi) is 4.35. The Hall–Kier alpha value is -1.65. The molecule has 5 heteroatoms. The largest absolute Gasteiger partial charge is 0.506 e. The first-order valence-corrected chi connectivity index (χ1v) is 7.15. The van der Waals surface area contributed by atoms with Gasteiger partial charge in [0.2, 0.25) is 0 Å². The van der Waals surface area contributed by atoms with E-state index in [0.29, 0.717) is 16.3 Å². The number of anilines is 1. The van der Waals surface area contributed by atoms with E-state index in [9.17, 15) is 9.90 Å². The van der Waals surface area contributed by atoms with Crippen LogP contribution in [0.1, 0.15) is 10.4 Å². The second kappa shape index (κ2) is 5.99. The van der Waals surface area contributed by atoms with Gasteiger partial charge in [-0.15, -0.1) is 11.8 Å². The fraction of sp³-hybridized carbons (Fsp3) is 0.0714. The van der Waals surface area contributed by atoms with Crippen molar-refractivity contribution in [2.24, 2.45) is 0 Å². The molecule has 3 nitrogen and oxygen atoms in total. The SMILES string of the molecule is CSc1ccc(Cl)c(C(=O)Nc2ccccc2O)c1. The van der Waals surface area contributed by atoms with Gasteiger partial charge in [0, 0.05) is 4.90 Å². The lowest BCUT2D eigenvalue weighted by atomic mass is 10.2. The maximum atomic E-state index is 12.1. The van der Waals surface area contributed by atoms with Crippen LogP contribution in [0.25, 0.3) is 0 Å². The molecule has 2 N–H and O–H groups in total. The third kappa shape index (κ3) is 3.22. The summed E-state index contributed by atoms with van der Waals surface area (Å²) < 4.78 is 0. The molecule has 0 unspecified atom stereocenters. The zero-order valence-electron chi connectivity index (χ0n) is 10.2. The molecule has 19 heavy (non-hydrogen) atoms. The fourth-order valence-corrected chi connectivity index (χ4v) is 2.22. The summed E-state index contributed by atoms with van der Waals surface area (Å²) in [5, 5.41) is 12.6. The first kappa shape index (κ1) is 13.8. The van der Waals surface area contributed by atoms with Gasteiger partial charge in [-0.1, -0.05) is 23.7 Å². The number of rotatable bonds is 3. The summed E-state index contributed by atoms with van der Waals surface area (Å²) in [5.74, 6) is -0.324. The van der Waals surface area contributed by atoms with Gasteiger partial charge in [-0.25, -0.2) is 0 Å². The van der Waals surface area contributed by atoms with Gasteiger partial charge in [-0.3, -0.25) is 4.79 Å². The standard InChI is InChI=1S/C14H12ClNO2S/c1-19-9-6-7-11(15)10(8-9)14(18)16-12-4-2-3-5-13(12)17/h2-8,17H,1H3,(H,16,18). The normalized spacial score (nSPS) is 10.2. The molecular weight excluding hydrogens is 282 g/mol. The van der Waals surface area contributed by atoms with Crippen LogP contribution in [0, 0.1) is 0 Å². The highest BCUT2D eigenvalue weighted by atomic mass is 35.5. The smallest absolute Gasteiger partial charge is 0.257 e. The molecule has 0 saturated heterocycles. The Morgan fingerprint density at radius 2 is 2.00 bits per heavy atom. The molecule has 0 fully saturated rings. The van der Waals surface area contributed by atoms with E-state index in [1.807, 2.05) is 12.3 Å². The average Bonchev–Trinajstić information content (AvgIpc) is 2.42. The maximum absolute atomic E-state index is 12.1. The van der Waals surface area contributed by atoms with Crippen LogP contribution in [-0.2, 0) is 0 Å². The van der Waals surface area contributed by atoms with Gasteiger partial charge in [0.25, 0.3) is 5.91 Å². The number of para-hydroxylation sites is 2. The highest BCUT2D eigenvalue weighted by Gasteiger charge is 2.12. The number of nitrogens with one attached hydrogen (secondary N) is 1. The number of halogens is 1. The summed E-state index contributed by atoms with van der Waals surface area (Å²) in [6.07, 6.45) is 1.92. The van der Waals surface area contributed by atoms with Gasteiger partial charge in [0.05, 0.1) is 16.3 Å². The first-order chi connectivity index (χ1) is 9.11. The first-order valence-electron chi connectivity index (χ1n) is 5.54. The monoisotopic (exact) mass is 293 g/mol. The molecule has 1 amide bonds. The number of phenols is 1. The van der Waals surface area contributed by atoms with E-state index in [2.05, 4.69) is 5.32 Å². The molecule has 0 atom stereocenters. The number of phenolic OH excluding ortho intramolecular Hbond substituents is 1. The molecule has 0 aliphatic rings. The third-order valence-electron chi connectivity index (χ3n) is 2.57. The van der Waals surface area contributed by atoms with Crippen molar-refractivity contribution >= 4 is 35.0 Å². The van der Waals surface area contributed by atoms with Crippen LogP contribution in [-0.4, -0.2) is 17.3 Å². The van der Waals surface area contributed by atoms with Crippen molar-refractivity contribution in [2.75, 3.05) is 11.6 Å². The Balaban J connectivity index is 2.28. The second-order valence-corrected chi connectivity index (χ2v) is 5.10. The molecule has 0 heterocycles. The van der Waals surface area contributed by atoms with Gasteiger partial charge in [-0.05, 0) is 36.6 Å². The van der Waals surface area contributed by atoms with Crippen molar-refractivity contribution in [3.8, 4) is 5.75 Å². The second-order valence-electron chi connectivity index (χ2n) is 3.82. The predicted octanol–water partition coefficient (Wildman–Crippen LogP) is 4.02. The minimum absolute atomic E-state index is 0.0213. The van der Waals surface area contributed by atoms with Crippen LogP contribution >= 0.6 is 23.4 Å². The minimum Gasteiger partial charge on any atom is -0.506 e. The van der Waals surface area contributed by atoms with Gasteiger partial charge >= 0.3 is 0 Å². The molecule has 0 aromatic heterocycles. The fourth-order valence-electron chi connectivity index (χ4n) is 1.57. The summed E-state index contributed by atoms with van der Waals surface area (Å²) >= 11 is 7.55. The zero-order valence-corrected chi connectivity index (χ0v) is 11.8. The molecular formula is C14H12ClNO2S. The van der Waals surface area contributed by atoms with E-state index in [-0.39, 0.29) is 11.7 Å². The number of hydrogen-bond acceptors (Lipinski definition) is 3. The molecule has 0 saturated carbocycles. The summed E-state index contributed by atoms with van der Waals surface area (Å²) in [7, 11) is 0. The molecule has 0 spiro atoms. The maximum Gasteiger partial charge on any atom is 0.257 e. The number of amides is 1. The summed E-state index contributed by atoms with van der Waals surface area (Å²) in [6, 6.07) is 11.8. The highest BCUT2D eigenvalue weighted by molar-refractivity contribution is 7.98. The molecule has 98 valence electrons. The van der Waals surface area contributed by atoms with E-state index in [4.69, 9.17) is 11.6 Å². The van der Waals surface area contributed by atoms with Gasteiger partial charge in [0.1, 0.15) is 5.75 Å². The predicted molar refractivity (Wildman–Crippen MR) is 79.3 cm³/mol. The molecule has 0 aliphatic carbocycles. The molecule has 2 aromatic carbocycles. The third-order valence-corrected chi connectivity index (χ3v) is 3.63. The van der Waals surface area contributed by atoms with E-state index >= 15 is 0 Å². The van der Waals surface area contributed by atoms with Crippen LogP contribution in [0.3, 0.4) is 0 Å². The number of aromatic hydroxyl groups is 1. The molecule has 2 rings (SSSR count). The van der Waals surface area contributed by atoms with Gasteiger partial charge in [0.15, 0.2) is 0 Å². The van der Waals surface area contributed by atoms with Gasteiger partial charge in [-0.2, -0.15) is 0 Å². The topological polar surface area (TPSA) is 49.3 Å². The van der Waals surface area contributed by atoms with E-state index < -0.39 is 0 Å². The van der Waals surface area contributed by atoms with E-state index in [1.165, 1.54) is 17.8 Å². The van der Waals surface area contributed by atoms with Crippen LogP contribution in [0.4, 0.5) is 5.69 Å². The molecule has 0 radical (unpaired) electrons. The Labute approximate surface area is 120 Å². The van der Waals surface area contributed by atoms with Crippen LogP contribution < -0.4 is 5.32 Å². The molecule has 0 bridgehead atoms. The molecule has 2 aromatic rings. The number of carbonyl (C=O) groups excluding carboxylic acids is 1. The summed E-state index contributed by atoms with van der Waals surface area (Å²) in [6.45, 7) is 0.